The van der Waals surface area contributed by atoms with E-state index < -0.39 is 0 Å². The van der Waals surface area contributed by atoms with E-state index in [1.807, 2.05) is 0 Å². The average molecular weight is 369 g/mol. The van der Waals surface area contributed by atoms with E-state index in [1.165, 1.54) is 43.6 Å². The summed E-state index contributed by atoms with van der Waals surface area (Å²) >= 11 is 0. The van der Waals surface area contributed by atoms with E-state index in [9.17, 15) is 9.18 Å². The molecule has 0 unspecified atom stereocenters. The Morgan fingerprint density at radius 2 is 1.41 bits per heavy atom. The first-order chi connectivity index (χ1) is 13.1. The third-order valence-electron chi connectivity index (χ3n) is 5.12. The summed E-state index contributed by atoms with van der Waals surface area (Å²) in [6, 6.07) is 14.3. The number of urea groups is 1. The van der Waals surface area contributed by atoms with Gasteiger partial charge in [-0.05, 0) is 60.7 Å². The van der Waals surface area contributed by atoms with Crippen molar-refractivity contribution >= 4 is 6.03 Å². The summed E-state index contributed by atoms with van der Waals surface area (Å²) in [6.45, 7) is 6.54. The van der Waals surface area contributed by atoms with Gasteiger partial charge in [0.2, 0.25) is 0 Å². The van der Waals surface area contributed by atoms with Gasteiger partial charge in [0.1, 0.15) is 5.82 Å². The zero-order valence-corrected chi connectivity index (χ0v) is 15.9. The average Bonchev–Trinajstić information content (AvgIpc) is 2.69. The Morgan fingerprint density at radius 3 is 1.96 bits per heavy atom. The number of carbonyl (C=O) groups is 1. The lowest BCUT2D eigenvalue weighted by Crippen LogP contribution is -2.34. The molecule has 0 radical (unpaired) electrons. The van der Waals surface area contributed by atoms with Gasteiger partial charge in [0.05, 0.1) is 0 Å². The third-order valence-corrected chi connectivity index (χ3v) is 5.12. The highest BCUT2D eigenvalue weighted by Gasteiger charge is 2.15. The van der Waals surface area contributed by atoms with Crippen molar-refractivity contribution in [2.24, 2.45) is 5.92 Å². The summed E-state index contributed by atoms with van der Waals surface area (Å²) in [4.78, 5) is 14.4. The number of likely N-dealkylation sites (tertiary alicyclic amines) is 1. The number of hydrogen-bond acceptors (Lipinski definition) is 2. The largest absolute Gasteiger partial charge is 0.334 e. The highest BCUT2D eigenvalue weighted by atomic mass is 19.1. The minimum absolute atomic E-state index is 0.231. The van der Waals surface area contributed by atoms with E-state index in [0.29, 0.717) is 13.1 Å². The van der Waals surface area contributed by atoms with Crippen LogP contribution in [0.5, 0.6) is 0 Å². The van der Waals surface area contributed by atoms with E-state index >= 15 is 0 Å². The highest BCUT2D eigenvalue weighted by molar-refractivity contribution is 5.73. The molecule has 2 amide bonds. The first kappa shape index (κ1) is 19.4. The quantitative estimate of drug-likeness (QED) is 0.807. The van der Waals surface area contributed by atoms with E-state index in [-0.39, 0.29) is 11.8 Å². The van der Waals surface area contributed by atoms with E-state index in [2.05, 4.69) is 46.7 Å². The monoisotopic (exact) mass is 369 g/mol. The second kappa shape index (κ2) is 9.51. The molecule has 0 atom stereocenters. The van der Waals surface area contributed by atoms with Crippen LogP contribution in [0.1, 0.15) is 36.5 Å². The van der Waals surface area contributed by atoms with Crippen molar-refractivity contribution in [2.45, 2.75) is 39.4 Å². The summed E-state index contributed by atoms with van der Waals surface area (Å²) in [6.07, 6.45) is 2.57. The predicted molar refractivity (Wildman–Crippen MR) is 106 cm³/mol. The van der Waals surface area contributed by atoms with Crippen molar-refractivity contribution in [3.63, 3.8) is 0 Å². The van der Waals surface area contributed by atoms with Crippen molar-refractivity contribution in [1.29, 1.82) is 0 Å². The number of hydrogen-bond donors (Lipinski definition) is 2. The number of halogens is 1. The Kier molecular flexibility index (Phi) is 6.82. The summed E-state index contributed by atoms with van der Waals surface area (Å²) in [7, 11) is 0. The van der Waals surface area contributed by atoms with Gasteiger partial charge in [0, 0.05) is 19.6 Å². The van der Waals surface area contributed by atoms with Gasteiger partial charge in [-0.3, -0.25) is 4.90 Å². The molecule has 1 aliphatic heterocycles. The van der Waals surface area contributed by atoms with Gasteiger partial charge in [-0.25, -0.2) is 9.18 Å². The lowest BCUT2D eigenvalue weighted by atomic mass is 9.99. The Bertz CT molecular complexity index is 722. The number of nitrogens with zero attached hydrogens (tertiary/aromatic N) is 1. The van der Waals surface area contributed by atoms with Crippen LogP contribution < -0.4 is 10.6 Å². The zero-order valence-electron chi connectivity index (χ0n) is 15.9. The first-order valence-corrected chi connectivity index (χ1v) is 9.65. The number of piperidine rings is 1. The smallest absolute Gasteiger partial charge is 0.315 e. The topological polar surface area (TPSA) is 44.4 Å². The Labute approximate surface area is 160 Å². The minimum Gasteiger partial charge on any atom is -0.334 e. The molecule has 2 N–H and O–H groups in total. The molecule has 0 spiro atoms. The molecule has 0 aliphatic carbocycles. The molecule has 3 rings (SSSR count). The van der Waals surface area contributed by atoms with Crippen molar-refractivity contribution < 1.29 is 9.18 Å². The molecule has 27 heavy (non-hydrogen) atoms. The molecule has 1 heterocycles. The molecule has 2 aromatic rings. The number of amides is 2. The summed E-state index contributed by atoms with van der Waals surface area (Å²) in [5, 5.41) is 5.63. The second-order valence-electron chi connectivity index (χ2n) is 7.44. The van der Waals surface area contributed by atoms with Crippen LogP contribution >= 0.6 is 0 Å². The van der Waals surface area contributed by atoms with Crippen LogP contribution in [-0.4, -0.2) is 24.0 Å². The fourth-order valence-electron chi connectivity index (χ4n) is 3.27. The SMILES string of the molecule is CC1CCN(Cc2ccc(CNC(=O)NCc3ccc(F)cc3)cc2)CC1. The molecule has 1 saturated heterocycles. The normalized spacial score (nSPS) is 15.5. The molecule has 1 aliphatic rings. The fraction of sp³-hybridized carbons (Fsp3) is 0.409. The Hall–Kier alpha value is -2.40. The fourth-order valence-corrected chi connectivity index (χ4v) is 3.27. The van der Waals surface area contributed by atoms with Crippen LogP contribution in [0, 0.1) is 11.7 Å². The second-order valence-corrected chi connectivity index (χ2v) is 7.44. The minimum atomic E-state index is -0.276. The van der Waals surface area contributed by atoms with Crippen molar-refractivity contribution in [2.75, 3.05) is 13.1 Å². The molecule has 0 saturated carbocycles. The highest BCUT2D eigenvalue weighted by Crippen LogP contribution is 2.18. The first-order valence-electron chi connectivity index (χ1n) is 9.65. The van der Waals surface area contributed by atoms with Crippen LogP contribution in [-0.2, 0) is 19.6 Å². The van der Waals surface area contributed by atoms with Crippen molar-refractivity contribution in [3.8, 4) is 0 Å². The van der Waals surface area contributed by atoms with Gasteiger partial charge in [-0.2, -0.15) is 0 Å². The molecule has 0 aromatic heterocycles. The molecule has 0 bridgehead atoms. The van der Waals surface area contributed by atoms with Crippen LogP contribution in [0.15, 0.2) is 48.5 Å². The summed E-state index contributed by atoms with van der Waals surface area (Å²) in [5.41, 5.74) is 3.25. The molecule has 2 aromatic carbocycles. The molecule has 4 nitrogen and oxygen atoms in total. The number of carbonyl (C=O) groups excluding carboxylic acids is 1. The Morgan fingerprint density at radius 1 is 0.926 bits per heavy atom. The van der Waals surface area contributed by atoms with Crippen LogP contribution in [0.4, 0.5) is 9.18 Å². The molecule has 144 valence electrons. The predicted octanol–water partition coefficient (Wildman–Crippen LogP) is 4.06. The van der Waals surface area contributed by atoms with Gasteiger partial charge in [0.25, 0.3) is 0 Å². The number of rotatable bonds is 6. The van der Waals surface area contributed by atoms with Crippen LogP contribution in [0.3, 0.4) is 0 Å². The van der Waals surface area contributed by atoms with Crippen LogP contribution in [0.25, 0.3) is 0 Å². The number of benzene rings is 2. The zero-order chi connectivity index (χ0) is 19.1. The lowest BCUT2D eigenvalue weighted by molar-refractivity contribution is 0.185. The van der Waals surface area contributed by atoms with E-state index in [4.69, 9.17) is 0 Å². The number of nitrogens with one attached hydrogen (secondary N) is 2. The maximum atomic E-state index is 12.9. The maximum absolute atomic E-state index is 12.9. The standard InChI is InChI=1S/C22H28FN3O/c1-17-10-12-26(13-11-17)16-20-4-2-18(3-5-20)14-24-22(27)25-15-19-6-8-21(23)9-7-19/h2-9,17H,10-16H2,1H3,(H2,24,25,27). The van der Waals surface area contributed by atoms with E-state index in [0.717, 1.165) is 23.6 Å². The van der Waals surface area contributed by atoms with Gasteiger partial charge in [-0.1, -0.05) is 43.3 Å². The third kappa shape index (κ3) is 6.36. The van der Waals surface area contributed by atoms with Crippen LogP contribution in [0.2, 0.25) is 0 Å². The van der Waals surface area contributed by atoms with Crippen molar-refractivity contribution in [1.82, 2.24) is 15.5 Å². The maximum Gasteiger partial charge on any atom is 0.315 e. The van der Waals surface area contributed by atoms with Gasteiger partial charge in [-0.15, -0.1) is 0 Å². The molecule has 5 heteroatoms. The van der Waals surface area contributed by atoms with Gasteiger partial charge >= 0.3 is 6.03 Å². The van der Waals surface area contributed by atoms with Gasteiger partial charge in [0.15, 0.2) is 0 Å². The summed E-state index contributed by atoms with van der Waals surface area (Å²) < 4.78 is 12.9. The lowest BCUT2D eigenvalue weighted by Gasteiger charge is -2.30. The molecular formula is C22H28FN3O. The summed E-state index contributed by atoms with van der Waals surface area (Å²) in [5.74, 6) is 0.574. The van der Waals surface area contributed by atoms with Gasteiger partial charge < -0.3 is 10.6 Å². The Balaban J connectivity index is 1.39. The molecular weight excluding hydrogens is 341 g/mol. The molecule has 1 fully saturated rings. The van der Waals surface area contributed by atoms with E-state index in [1.54, 1.807) is 12.1 Å². The van der Waals surface area contributed by atoms with Crippen molar-refractivity contribution in [3.05, 3.63) is 71.0 Å².